The Labute approximate surface area is 333 Å². The van der Waals surface area contributed by atoms with Crippen molar-refractivity contribution in [2.75, 3.05) is 0 Å². The van der Waals surface area contributed by atoms with E-state index in [1.807, 2.05) is 95.6 Å². The third-order valence-corrected chi connectivity index (χ3v) is 11.5. The van der Waals surface area contributed by atoms with Gasteiger partial charge in [-0.15, -0.1) is 11.3 Å². The van der Waals surface area contributed by atoms with Gasteiger partial charge in [0.05, 0.1) is 16.5 Å². The second-order valence-corrected chi connectivity index (χ2v) is 14.8. The fourth-order valence-corrected chi connectivity index (χ4v) is 8.87. The van der Waals surface area contributed by atoms with Gasteiger partial charge < -0.3 is 4.57 Å². The number of para-hydroxylation sites is 1. The van der Waals surface area contributed by atoms with Crippen LogP contribution >= 0.6 is 11.3 Å². The topological polar surface area (TPSA) is 43.6 Å². The normalized spacial score (nSPS) is 12.6. The minimum absolute atomic E-state index is 0.0697. The summed E-state index contributed by atoms with van der Waals surface area (Å²) in [4.78, 5) is 15.0. The van der Waals surface area contributed by atoms with Crippen molar-refractivity contribution in [2.24, 2.45) is 0 Å². The molecule has 3 aromatic heterocycles. The summed E-state index contributed by atoms with van der Waals surface area (Å²) in [5, 5.41) is 3.68. The third kappa shape index (κ3) is 5.48. The monoisotopic (exact) mass is 736 g/mol. The standard InChI is InChI=1S/C51H32N4S/c1-3-12-33(13-4-1)34-22-24-35(25-23-34)40-18-11-20-45-48(40)43-17-7-9-19-44(43)55(45)39-29-26-37(27-30-39)50-52-49(36-14-5-2-6-15-36)53-51(54-50)38-28-31-42-41-16-8-10-21-46(41)56-47(42)32-38/h1-32H/i7D,9D,17D,19D. The summed E-state index contributed by atoms with van der Waals surface area (Å²) in [6.07, 6.45) is 0. The molecule has 0 radical (unpaired) electrons. The summed E-state index contributed by atoms with van der Waals surface area (Å²) < 4.78 is 40.1. The molecule has 0 unspecified atom stereocenters. The molecule has 0 aliphatic rings. The molecular weight excluding hydrogens is 701 g/mol. The van der Waals surface area contributed by atoms with E-state index in [2.05, 4.69) is 78.9 Å². The SMILES string of the molecule is [2H]c1c([2H])c([2H])c2c(c1[2H])c1c(-c3ccc(-c4ccccc4)cc3)cccc1n2-c1ccc(-c2nc(-c3ccccc3)nc(-c3ccc4c(c3)sc3ccccc34)n2)cc1. The molecule has 56 heavy (non-hydrogen) atoms. The lowest BCUT2D eigenvalue weighted by atomic mass is 9.97. The van der Waals surface area contributed by atoms with Crippen LogP contribution in [0.1, 0.15) is 5.48 Å². The molecule has 0 atom stereocenters. The van der Waals surface area contributed by atoms with E-state index < -0.39 is 0 Å². The second kappa shape index (κ2) is 13.3. The highest BCUT2D eigenvalue weighted by molar-refractivity contribution is 7.25. The number of hydrogen-bond donors (Lipinski definition) is 0. The Morgan fingerprint density at radius 3 is 1.75 bits per heavy atom. The predicted octanol–water partition coefficient (Wildman–Crippen LogP) is 13.7. The van der Waals surface area contributed by atoms with Crippen LogP contribution in [0.3, 0.4) is 0 Å². The van der Waals surface area contributed by atoms with Gasteiger partial charge in [-0.2, -0.15) is 0 Å². The molecule has 0 aliphatic heterocycles. The van der Waals surface area contributed by atoms with Crippen LogP contribution in [0, 0.1) is 0 Å². The molecule has 0 spiro atoms. The summed E-state index contributed by atoms with van der Waals surface area (Å²) in [5.41, 5.74) is 8.55. The average Bonchev–Trinajstić information content (AvgIpc) is 3.87. The van der Waals surface area contributed by atoms with Crippen molar-refractivity contribution in [3.8, 4) is 62.1 Å². The zero-order valence-corrected chi connectivity index (χ0v) is 30.7. The third-order valence-electron chi connectivity index (χ3n) is 10.4. The Balaban J connectivity index is 1.06. The predicted molar refractivity (Wildman–Crippen MR) is 234 cm³/mol. The van der Waals surface area contributed by atoms with Crippen LogP contribution in [-0.4, -0.2) is 19.5 Å². The first-order chi connectivity index (χ1) is 29.4. The van der Waals surface area contributed by atoms with Gasteiger partial charge in [0.1, 0.15) is 0 Å². The van der Waals surface area contributed by atoms with Gasteiger partial charge in [-0.25, -0.2) is 15.0 Å². The maximum atomic E-state index is 9.18. The van der Waals surface area contributed by atoms with Crippen molar-refractivity contribution in [2.45, 2.75) is 0 Å². The van der Waals surface area contributed by atoms with Crippen LogP contribution < -0.4 is 0 Å². The first kappa shape index (κ1) is 28.3. The molecule has 0 saturated carbocycles. The summed E-state index contributed by atoms with van der Waals surface area (Å²) in [7, 11) is 0. The zero-order valence-electron chi connectivity index (χ0n) is 33.9. The van der Waals surface area contributed by atoms with Gasteiger partial charge in [-0.1, -0.05) is 146 Å². The second-order valence-electron chi connectivity index (χ2n) is 13.7. The fraction of sp³-hybridized carbons (Fsp3) is 0. The fourth-order valence-electron chi connectivity index (χ4n) is 7.72. The van der Waals surface area contributed by atoms with E-state index in [0.717, 1.165) is 60.2 Å². The highest BCUT2D eigenvalue weighted by Gasteiger charge is 2.18. The highest BCUT2D eigenvalue weighted by Crippen LogP contribution is 2.40. The molecule has 0 aliphatic carbocycles. The van der Waals surface area contributed by atoms with Crippen molar-refractivity contribution in [3.05, 3.63) is 194 Å². The molecule has 11 aromatic rings. The van der Waals surface area contributed by atoms with Gasteiger partial charge in [0.2, 0.25) is 0 Å². The molecule has 11 rings (SSSR count). The lowest BCUT2D eigenvalue weighted by Crippen LogP contribution is -2.00. The Hall–Kier alpha value is -7.21. The quantitative estimate of drug-likeness (QED) is 0.171. The van der Waals surface area contributed by atoms with Crippen LogP contribution in [0.25, 0.3) is 104 Å². The van der Waals surface area contributed by atoms with Crippen LogP contribution in [0.5, 0.6) is 0 Å². The first-order valence-electron chi connectivity index (χ1n) is 20.4. The van der Waals surface area contributed by atoms with E-state index in [9.17, 15) is 1.37 Å². The van der Waals surface area contributed by atoms with Crippen molar-refractivity contribution >= 4 is 53.3 Å². The number of aromatic nitrogens is 4. The molecule has 0 fully saturated rings. The van der Waals surface area contributed by atoms with Crippen molar-refractivity contribution < 1.29 is 5.48 Å². The Morgan fingerprint density at radius 2 is 0.982 bits per heavy atom. The van der Waals surface area contributed by atoms with E-state index in [-0.39, 0.29) is 24.2 Å². The molecule has 262 valence electrons. The van der Waals surface area contributed by atoms with Crippen LogP contribution in [0.4, 0.5) is 0 Å². The molecule has 0 amide bonds. The molecular formula is C51H32N4S. The number of rotatable bonds is 6. The molecule has 0 saturated heterocycles. The zero-order chi connectivity index (χ0) is 40.5. The van der Waals surface area contributed by atoms with E-state index in [1.165, 1.54) is 15.5 Å². The molecule has 4 nitrogen and oxygen atoms in total. The number of fused-ring (bicyclic) bond motifs is 6. The van der Waals surface area contributed by atoms with E-state index in [1.54, 1.807) is 11.3 Å². The van der Waals surface area contributed by atoms with Crippen molar-refractivity contribution in [3.63, 3.8) is 0 Å². The summed E-state index contributed by atoms with van der Waals surface area (Å²) in [5.74, 6) is 1.66. The number of hydrogen-bond acceptors (Lipinski definition) is 4. The number of thiophene rings is 1. The van der Waals surface area contributed by atoms with Gasteiger partial charge in [0.15, 0.2) is 17.5 Å². The maximum Gasteiger partial charge on any atom is 0.164 e. The van der Waals surface area contributed by atoms with Gasteiger partial charge >= 0.3 is 0 Å². The smallest absolute Gasteiger partial charge is 0.164 e. The number of nitrogens with zero attached hydrogens (tertiary/aromatic N) is 4. The van der Waals surface area contributed by atoms with E-state index >= 15 is 0 Å². The van der Waals surface area contributed by atoms with Crippen LogP contribution in [-0.2, 0) is 0 Å². The summed E-state index contributed by atoms with van der Waals surface area (Å²) in [6.45, 7) is 0. The van der Waals surface area contributed by atoms with Crippen molar-refractivity contribution in [1.82, 2.24) is 19.5 Å². The minimum Gasteiger partial charge on any atom is -0.309 e. The minimum atomic E-state index is -0.276. The Kier molecular flexibility index (Phi) is 6.70. The van der Waals surface area contributed by atoms with Gasteiger partial charge in [-0.3, -0.25) is 0 Å². The van der Waals surface area contributed by atoms with Gasteiger partial charge in [0, 0.05) is 53.3 Å². The molecule has 8 aromatic carbocycles. The Morgan fingerprint density at radius 1 is 0.411 bits per heavy atom. The highest BCUT2D eigenvalue weighted by atomic mass is 32.1. The van der Waals surface area contributed by atoms with Gasteiger partial charge in [0.25, 0.3) is 0 Å². The molecule has 3 heterocycles. The summed E-state index contributed by atoms with van der Waals surface area (Å²) >= 11 is 1.76. The van der Waals surface area contributed by atoms with Crippen LogP contribution in [0.2, 0.25) is 0 Å². The lowest BCUT2D eigenvalue weighted by Gasteiger charge is -2.11. The van der Waals surface area contributed by atoms with Gasteiger partial charge in [-0.05, 0) is 70.8 Å². The largest absolute Gasteiger partial charge is 0.309 e. The Bertz CT molecular complexity index is 3460. The summed E-state index contributed by atoms with van der Waals surface area (Å²) in [6, 6.07) is 56.4. The lowest BCUT2D eigenvalue weighted by molar-refractivity contribution is 1.07. The van der Waals surface area contributed by atoms with Crippen molar-refractivity contribution in [1.29, 1.82) is 0 Å². The molecule has 0 N–H and O–H groups in total. The number of benzene rings is 8. The first-order valence-corrected chi connectivity index (χ1v) is 19.3. The molecule has 0 bridgehead atoms. The average molecular weight is 737 g/mol. The van der Waals surface area contributed by atoms with E-state index in [4.69, 9.17) is 19.1 Å². The van der Waals surface area contributed by atoms with Crippen LogP contribution in [0.15, 0.2) is 194 Å². The molecule has 5 heteroatoms. The maximum absolute atomic E-state index is 9.18. The van der Waals surface area contributed by atoms with E-state index in [0.29, 0.717) is 28.4 Å².